The molecular weight excluding hydrogens is 326 g/mol. The minimum atomic E-state index is 0.233. The number of carbonyl (C=O) groups is 1. The number of piperidine rings is 1. The molecule has 5 heteroatoms. The molecule has 0 N–H and O–H groups in total. The fraction of sp³-hybridized carbons (Fsp3) is 0.667. The van der Waals surface area contributed by atoms with E-state index in [4.69, 9.17) is 4.74 Å². The lowest BCUT2D eigenvalue weighted by atomic mass is 9.92. The molecule has 0 bridgehead atoms. The molecule has 2 aliphatic rings. The molecule has 2 aliphatic heterocycles. The Balaban J connectivity index is 1.54. The van der Waals surface area contributed by atoms with Crippen LogP contribution < -0.4 is 9.64 Å². The summed E-state index contributed by atoms with van der Waals surface area (Å²) in [4.78, 5) is 19.8. The van der Waals surface area contributed by atoms with Gasteiger partial charge < -0.3 is 19.4 Å². The summed E-state index contributed by atoms with van der Waals surface area (Å²) in [6.07, 6.45) is 3.04. The van der Waals surface area contributed by atoms with E-state index in [1.165, 1.54) is 0 Å². The summed E-state index contributed by atoms with van der Waals surface area (Å²) >= 11 is 0. The summed E-state index contributed by atoms with van der Waals surface area (Å²) in [6, 6.07) is 8.37. The summed E-state index contributed by atoms with van der Waals surface area (Å²) in [6.45, 7) is 10.3. The maximum Gasteiger partial charge on any atom is 0.223 e. The van der Waals surface area contributed by atoms with Gasteiger partial charge in [0.15, 0.2) is 0 Å². The lowest BCUT2D eigenvalue weighted by Crippen LogP contribution is -2.54. The third kappa shape index (κ3) is 4.32. The quantitative estimate of drug-likeness (QED) is 0.810. The van der Waals surface area contributed by atoms with Crippen molar-refractivity contribution in [1.29, 1.82) is 0 Å². The smallest absolute Gasteiger partial charge is 0.223 e. The highest BCUT2D eigenvalue weighted by molar-refractivity contribution is 5.77. The summed E-state index contributed by atoms with van der Waals surface area (Å²) < 4.78 is 5.50. The Bertz CT molecular complexity index is 599. The standard InChI is InChI=1S/C21H33N3O2/c1-4-22-11-9-18(10-12-22)15-21(25)24-14-13-23(16-17(24)2)19-7-5-6-8-20(19)26-3/h5-8,17-18H,4,9-16H2,1-3H3. The summed E-state index contributed by atoms with van der Waals surface area (Å²) in [5.74, 6) is 1.80. The van der Waals surface area contributed by atoms with E-state index >= 15 is 0 Å². The number of ether oxygens (including phenoxy) is 1. The number of carbonyl (C=O) groups excluding carboxylic acids is 1. The largest absolute Gasteiger partial charge is 0.495 e. The number of nitrogens with zero attached hydrogens (tertiary/aromatic N) is 3. The third-order valence-electron chi connectivity index (χ3n) is 5.99. The molecule has 26 heavy (non-hydrogen) atoms. The zero-order valence-corrected chi connectivity index (χ0v) is 16.5. The van der Waals surface area contributed by atoms with Gasteiger partial charge in [-0.05, 0) is 57.5 Å². The highest BCUT2D eigenvalue weighted by atomic mass is 16.5. The Morgan fingerprint density at radius 3 is 2.54 bits per heavy atom. The third-order valence-corrected chi connectivity index (χ3v) is 5.99. The number of methoxy groups -OCH3 is 1. The predicted octanol–water partition coefficient (Wildman–Crippen LogP) is 2.85. The highest BCUT2D eigenvalue weighted by Gasteiger charge is 2.30. The Hall–Kier alpha value is -1.75. The van der Waals surface area contributed by atoms with E-state index in [9.17, 15) is 4.79 Å². The molecule has 2 fully saturated rings. The lowest BCUT2D eigenvalue weighted by Gasteiger charge is -2.42. The minimum Gasteiger partial charge on any atom is -0.495 e. The first-order valence-corrected chi connectivity index (χ1v) is 10.0. The topological polar surface area (TPSA) is 36.0 Å². The Morgan fingerprint density at radius 2 is 1.88 bits per heavy atom. The molecule has 0 saturated carbocycles. The van der Waals surface area contributed by atoms with Crippen LogP contribution in [0.25, 0.3) is 0 Å². The first-order valence-electron chi connectivity index (χ1n) is 10.0. The van der Waals surface area contributed by atoms with Crippen LogP contribution in [0.3, 0.4) is 0 Å². The first-order chi connectivity index (χ1) is 12.6. The molecule has 0 aromatic heterocycles. The van der Waals surface area contributed by atoms with Crippen LogP contribution in [0.2, 0.25) is 0 Å². The van der Waals surface area contributed by atoms with Crippen LogP contribution in [0, 0.1) is 5.92 Å². The molecule has 0 spiro atoms. The maximum absolute atomic E-state index is 12.9. The molecule has 1 aromatic carbocycles. The van der Waals surface area contributed by atoms with Crippen molar-refractivity contribution < 1.29 is 9.53 Å². The van der Waals surface area contributed by atoms with Crippen LogP contribution in [0.1, 0.15) is 33.1 Å². The fourth-order valence-electron chi connectivity index (χ4n) is 4.31. The number of hydrogen-bond acceptors (Lipinski definition) is 4. The molecule has 1 atom stereocenters. The van der Waals surface area contributed by atoms with E-state index in [-0.39, 0.29) is 6.04 Å². The van der Waals surface area contributed by atoms with Gasteiger partial charge in [0.2, 0.25) is 5.91 Å². The molecule has 2 heterocycles. The van der Waals surface area contributed by atoms with E-state index in [1.54, 1.807) is 7.11 Å². The molecular formula is C21H33N3O2. The van der Waals surface area contributed by atoms with Crippen molar-refractivity contribution in [2.45, 2.75) is 39.2 Å². The van der Waals surface area contributed by atoms with Crippen molar-refractivity contribution in [1.82, 2.24) is 9.80 Å². The Labute approximate surface area is 157 Å². The minimum absolute atomic E-state index is 0.233. The summed E-state index contributed by atoms with van der Waals surface area (Å²) in [5, 5.41) is 0. The van der Waals surface area contributed by atoms with E-state index in [0.717, 1.165) is 70.0 Å². The highest BCUT2D eigenvalue weighted by Crippen LogP contribution is 2.30. The van der Waals surface area contributed by atoms with Gasteiger partial charge in [-0.15, -0.1) is 0 Å². The number of likely N-dealkylation sites (tertiary alicyclic amines) is 1. The zero-order valence-electron chi connectivity index (χ0n) is 16.5. The molecule has 1 unspecified atom stereocenters. The monoisotopic (exact) mass is 359 g/mol. The molecule has 144 valence electrons. The Kier molecular flexibility index (Phi) is 6.41. The van der Waals surface area contributed by atoms with Gasteiger partial charge in [-0.1, -0.05) is 19.1 Å². The van der Waals surface area contributed by atoms with Gasteiger partial charge in [-0.3, -0.25) is 4.79 Å². The number of anilines is 1. The second-order valence-electron chi connectivity index (χ2n) is 7.64. The van der Waals surface area contributed by atoms with Crippen LogP contribution in [0.5, 0.6) is 5.75 Å². The molecule has 0 radical (unpaired) electrons. The van der Waals surface area contributed by atoms with Gasteiger partial charge in [-0.25, -0.2) is 0 Å². The van der Waals surface area contributed by atoms with Gasteiger partial charge >= 0.3 is 0 Å². The van der Waals surface area contributed by atoms with Crippen LogP contribution in [0.4, 0.5) is 5.69 Å². The molecule has 2 saturated heterocycles. The van der Waals surface area contributed by atoms with Crippen LogP contribution in [-0.2, 0) is 4.79 Å². The molecule has 3 rings (SSSR count). The van der Waals surface area contributed by atoms with Gasteiger partial charge in [-0.2, -0.15) is 0 Å². The molecule has 5 nitrogen and oxygen atoms in total. The number of benzene rings is 1. The zero-order chi connectivity index (χ0) is 18.5. The normalized spacial score (nSPS) is 22.5. The predicted molar refractivity (Wildman–Crippen MR) is 106 cm³/mol. The van der Waals surface area contributed by atoms with E-state index < -0.39 is 0 Å². The summed E-state index contributed by atoms with van der Waals surface area (Å²) in [7, 11) is 1.71. The van der Waals surface area contributed by atoms with Crippen molar-refractivity contribution >= 4 is 11.6 Å². The Morgan fingerprint density at radius 1 is 1.15 bits per heavy atom. The second kappa shape index (κ2) is 8.76. The number of piperazine rings is 1. The van der Waals surface area contributed by atoms with Gasteiger partial charge in [0.05, 0.1) is 12.8 Å². The van der Waals surface area contributed by atoms with E-state index in [2.05, 4.69) is 34.6 Å². The fourth-order valence-corrected chi connectivity index (χ4v) is 4.31. The average molecular weight is 360 g/mol. The molecule has 1 amide bonds. The molecule has 1 aromatic rings. The number of para-hydroxylation sites is 2. The number of amides is 1. The van der Waals surface area contributed by atoms with Crippen LogP contribution in [0.15, 0.2) is 24.3 Å². The number of hydrogen-bond donors (Lipinski definition) is 0. The number of rotatable bonds is 5. The van der Waals surface area contributed by atoms with E-state index in [1.807, 2.05) is 18.2 Å². The molecule has 0 aliphatic carbocycles. The second-order valence-corrected chi connectivity index (χ2v) is 7.64. The van der Waals surface area contributed by atoms with Crippen LogP contribution >= 0.6 is 0 Å². The van der Waals surface area contributed by atoms with Gasteiger partial charge in [0.1, 0.15) is 5.75 Å². The van der Waals surface area contributed by atoms with E-state index in [0.29, 0.717) is 11.8 Å². The van der Waals surface area contributed by atoms with Crippen molar-refractivity contribution in [3.63, 3.8) is 0 Å². The maximum atomic E-state index is 12.9. The van der Waals surface area contributed by atoms with Crippen LogP contribution in [-0.4, -0.2) is 68.1 Å². The summed E-state index contributed by atoms with van der Waals surface area (Å²) in [5.41, 5.74) is 1.13. The lowest BCUT2D eigenvalue weighted by molar-refractivity contribution is -0.135. The van der Waals surface area contributed by atoms with Crippen molar-refractivity contribution in [2.75, 3.05) is 51.3 Å². The first kappa shape index (κ1) is 19.0. The van der Waals surface area contributed by atoms with Crippen molar-refractivity contribution in [3.05, 3.63) is 24.3 Å². The van der Waals surface area contributed by atoms with Crippen molar-refractivity contribution in [3.8, 4) is 5.75 Å². The van der Waals surface area contributed by atoms with Crippen molar-refractivity contribution in [2.24, 2.45) is 5.92 Å². The SMILES string of the molecule is CCN1CCC(CC(=O)N2CCN(c3ccccc3OC)CC2C)CC1. The van der Waals surface area contributed by atoms with Gasteiger partial charge in [0.25, 0.3) is 0 Å². The average Bonchev–Trinajstić information content (AvgIpc) is 2.68. The van der Waals surface area contributed by atoms with Gasteiger partial charge in [0, 0.05) is 32.1 Å².